The minimum atomic E-state index is -0.0903. The highest BCUT2D eigenvalue weighted by molar-refractivity contribution is 5.66. The van der Waals surface area contributed by atoms with Gasteiger partial charge in [0.15, 0.2) is 17.6 Å². The van der Waals surface area contributed by atoms with Crippen molar-refractivity contribution in [3.8, 4) is 11.5 Å². The number of methoxy groups -OCH3 is 2. The van der Waals surface area contributed by atoms with Crippen LogP contribution in [0.1, 0.15) is 24.0 Å². The maximum absolute atomic E-state index is 6.52. The number of likely N-dealkylation sites (tertiary alicyclic amines) is 1. The van der Waals surface area contributed by atoms with Gasteiger partial charge in [0.25, 0.3) is 0 Å². The fourth-order valence-electron chi connectivity index (χ4n) is 5.33. The predicted molar refractivity (Wildman–Crippen MR) is 91.6 cm³/mol. The van der Waals surface area contributed by atoms with E-state index in [2.05, 4.69) is 36.2 Å². The van der Waals surface area contributed by atoms with Crippen LogP contribution in [0.4, 0.5) is 0 Å². The Morgan fingerprint density at radius 1 is 1.21 bits per heavy atom. The van der Waals surface area contributed by atoms with Crippen molar-refractivity contribution in [2.75, 3.05) is 27.8 Å². The molecule has 2 aliphatic heterocycles. The summed E-state index contributed by atoms with van der Waals surface area (Å²) in [7, 11) is 5.71. The summed E-state index contributed by atoms with van der Waals surface area (Å²) in [6.07, 6.45) is 7.63. The van der Waals surface area contributed by atoms with Gasteiger partial charge in [-0.1, -0.05) is 12.1 Å². The Hall–Kier alpha value is -1.94. The molecule has 1 spiro atoms. The third kappa shape index (κ3) is 1.53. The highest BCUT2D eigenvalue weighted by Crippen LogP contribution is 2.61. The Kier molecular flexibility index (Phi) is 2.88. The summed E-state index contributed by atoms with van der Waals surface area (Å²) in [4.78, 5) is 2.50. The van der Waals surface area contributed by atoms with E-state index in [1.54, 1.807) is 14.2 Å². The van der Waals surface area contributed by atoms with Gasteiger partial charge >= 0.3 is 0 Å². The van der Waals surface area contributed by atoms with Gasteiger partial charge in [0, 0.05) is 11.6 Å². The minimum Gasteiger partial charge on any atom is -0.497 e. The maximum atomic E-state index is 6.52. The molecule has 5 rings (SSSR count). The Morgan fingerprint density at radius 2 is 2.08 bits per heavy atom. The second-order valence-corrected chi connectivity index (χ2v) is 7.28. The molecule has 0 amide bonds. The monoisotopic (exact) mass is 325 g/mol. The summed E-state index contributed by atoms with van der Waals surface area (Å²) in [5.41, 5.74) is 4.17. The van der Waals surface area contributed by atoms with Crippen molar-refractivity contribution in [3.63, 3.8) is 0 Å². The second kappa shape index (κ2) is 4.79. The topological polar surface area (TPSA) is 30.9 Å². The lowest BCUT2D eigenvalue weighted by Crippen LogP contribution is -2.54. The zero-order valence-electron chi connectivity index (χ0n) is 14.5. The van der Waals surface area contributed by atoms with Crippen molar-refractivity contribution in [1.29, 1.82) is 0 Å². The van der Waals surface area contributed by atoms with Crippen molar-refractivity contribution in [2.24, 2.45) is 0 Å². The van der Waals surface area contributed by atoms with E-state index in [0.29, 0.717) is 6.04 Å². The van der Waals surface area contributed by atoms with E-state index in [4.69, 9.17) is 14.2 Å². The molecule has 2 bridgehead atoms. The Labute approximate surface area is 142 Å². The molecule has 2 aliphatic carbocycles. The molecule has 4 heteroatoms. The molecule has 0 N–H and O–H groups in total. The highest BCUT2D eigenvalue weighted by atomic mass is 16.6. The normalized spacial score (nSPS) is 33.0. The summed E-state index contributed by atoms with van der Waals surface area (Å²) >= 11 is 0. The minimum absolute atomic E-state index is 0.0677. The van der Waals surface area contributed by atoms with Gasteiger partial charge in [-0.3, -0.25) is 4.90 Å². The fourth-order valence-corrected chi connectivity index (χ4v) is 5.33. The van der Waals surface area contributed by atoms with Crippen LogP contribution in [-0.2, 0) is 16.6 Å². The van der Waals surface area contributed by atoms with Crippen molar-refractivity contribution < 1.29 is 14.2 Å². The number of hydrogen-bond donors (Lipinski definition) is 0. The van der Waals surface area contributed by atoms with Gasteiger partial charge in [-0.2, -0.15) is 0 Å². The van der Waals surface area contributed by atoms with E-state index >= 15 is 0 Å². The second-order valence-electron chi connectivity index (χ2n) is 7.28. The van der Waals surface area contributed by atoms with Gasteiger partial charge in [0.05, 0.1) is 19.6 Å². The zero-order chi connectivity index (χ0) is 16.5. The number of ether oxygens (including phenoxy) is 3. The number of nitrogens with zero attached hydrogens (tertiary/aromatic N) is 1. The predicted octanol–water partition coefficient (Wildman–Crippen LogP) is 2.81. The Balaban J connectivity index is 1.84. The van der Waals surface area contributed by atoms with Crippen LogP contribution in [0.5, 0.6) is 11.5 Å². The number of benzene rings is 1. The van der Waals surface area contributed by atoms with Crippen molar-refractivity contribution in [1.82, 2.24) is 4.90 Å². The largest absolute Gasteiger partial charge is 0.497 e. The first kappa shape index (κ1) is 14.4. The van der Waals surface area contributed by atoms with Crippen LogP contribution in [0.2, 0.25) is 0 Å². The van der Waals surface area contributed by atoms with E-state index < -0.39 is 0 Å². The average Bonchev–Trinajstić information content (AvgIpc) is 2.90. The van der Waals surface area contributed by atoms with Crippen LogP contribution < -0.4 is 9.47 Å². The first-order chi connectivity index (χ1) is 11.7. The lowest BCUT2D eigenvalue weighted by atomic mass is 9.62. The Bertz CT molecular complexity index is 781. The van der Waals surface area contributed by atoms with Gasteiger partial charge in [0.1, 0.15) is 5.76 Å². The number of aryl methyl sites for hydroxylation is 1. The molecule has 3 unspecified atom stereocenters. The first-order valence-corrected chi connectivity index (χ1v) is 8.74. The Morgan fingerprint density at radius 3 is 2.88 bits per heavy atom. The lowest BCUT2D eigenvalue weighted by molar-refractivity contribution is 0.0781. The van der Waals surface area contributed by atoms with E-state index in [1.165, 1.54) is 16.7 Å². The molecular weight excluding hydrogens is 302 g/mol. The van der Waals surface area contributed by atoms with Crippen LogP contribution in [0, 0.1) is 0 Å². The third-order valence-electron chi connectivity index (χ3n) is 6.43. The molecule has 24 heavy (non-hydrogen) atoms. The molecule has 3 atom stereocenters. The van der Waals surface area contributed by atoms with Crippen molar-refractivity contribution >= 4 is 0 Å². The highest BCUT2D eigenvalue weighted by Gasteiger charge is 2.60. The molecule has 1 aromatic rings. The molecule has 126 valence electrons. The molecule has 2 heterocycles. The third-order valence-corrected chi connectivity index (χ3v) is 6.43. The standard InChI is InChI=1S/C20H23NO3/c1-21-11-10-20-13-6-9-16(23-3)19(20)24-18-15(22-2)8-5-12(17(18)20)4-7-14(13)21/h5-6,8-9,14,19H,4,7,10-11H2,1-3H3. The van der Waals surface area contributed by atoms with E-state index in [9.17, 15) is 0 Å². The molecule has 1 fully saturated rings. The average molecular weight is 325 g/mol. The number of piperidine rings is 1. The van der Waals surface area contributed by atoms with Crippen LogP contribution >= 0.6 is 0 Å². The number of allylic oxidation sites excluding steroid dienone is 2. The van der Waals surface area contributed by atoms with Gasteiger partial charge in [-0.15, -0.1) is 0 Å². The van der Waals surface area contributed by atoms with E-state index in [-0.39, 0.29) is 11.5 Å². The molecule has 1 saturated heterocycles. The van der Waals surface area contributed by atoms with Crippen molar-refractivity contribution in [2.45, 2.75) is 36.8 Å². The number of likely N-dealkylation sites (N-methyl/N-ethyl adjacent to an activating group) is 1. The summed E-state index contributed by atoms with van der Waals surface area (Å²) in [5, 5.41) is 0. The summed E-state index contributed by atoms with van der Waals surface area (Å²) in [5.74, 6) is 2.69. The molecule has 0 aromatic heterocycles. The van der Waals surface area contributed by atoms with Gasteiger partial charge in [-0.25, -0.2) is 0 Å². The van der Waals surface area contributed by atoms with Gasteiger partial charge in [0.2, 0.25) is 0 Å². The van der Waals surface area contributed by atoms with Crippen LogP contribution in [0.3, 0.4) is 0 Å². The maximum Gasteiger partial charge on any atom is 0.169 e. The molecule has 4 aliphatic rings. The lowest BCUT2D eigenvalue weighted by Gasteiger charge is -2.48. The molecule has 1 aromatic carbocycles. The molecule has 0 radical (unpaired) electrons. The first-order valence-electron chi connectivity index (χ1n) is 8.74. The summed E-state index contributed by atoms with van der Waals surface area (Å²) < 4.78 is 17.9. The van der Waals surface area contributed by atoms with Crippen LogP contribution in [-0.4, -0.2) is 44.9 Å². The van der Waals surface area contributed by atoms with Crippen molar-refractivity contribution in [3.05, 3.63) is 46.7 Å². The van der Waals surface area contributed by atoms with E-state index in [0.717, 1.165) is 43.1 Å². The molecular formula is C20H23NO3. The van der Waals surface area contributed by atoms with Gasteiger partial charge in [-0.05, 0) is 56.1 Å². The number of hydrogen-bond acceptors (Lipinski definition) is 4. The zero-order valence-corrected chi connectivity index (χ0v) is 14.5. The molecule has 4 nitrogen and oxygen atoms in total. The van der Waals surface area contributed by atoms with Crippen LogP contribution in [0.15, 0.2) is 35.6 Å². The summed E-state index contributed by atoms with van der Waals surface area (Å²) in [6.45, 7) is 1.08. The molecule has 0 saturated carbocycles. The smallest absolute Gasteiger partial charge is 0.169 e. The van der Waals surface area contributed by atoms with E-state index in [1.807, 2.05) is 0 Å². The van der Waals surface area contributed by atoms with Gasteiger partial charge < -0.3 is 14.2 Å². The summed E-state index contributed by atoms with van der Waals surface area (Å²) in [6, 6.07) is 4.77. The number of rotatable bonds is 2. The van der Waals surface area contributed by atoms with Crippen LogP contribution in [0.25, 0.3) is 0 Å². The fraction of sp³-hybridized carbons (Fsp3) is 0.500. The quantitative estimate of drug-likeness (QED) is 0.837. The SMILES string of the molecule is COC1=CC=C2C3CCc4ccc(OC)c5c4C2(CCN3C)C1O5.